The molecule has 25 heavy (non-hydrogen) atoms. The number of rotatable bonds is 5. The van der Waals surface area contributed by atoms with Crippen LogP contribution in [0.4, 0.5) is 4.79 Å². The molecule has 1 aliphatic rings. The molecular formula is C20H25N3O2. The fourth-order valence-electron chi connectivity index (χ4n) is 3.04. The number of benzene rings is 1. The number of pyridine rings is 1. The molecule has 1 N–H and O–H groups in total. The molecule has 132 valence electrons. The Morgan fingerprint density at radius 3 is 2.56 bits per heavy atom. The number of hydrogen-bond donors (Lipinski definition) is 1. The molecule has 1 saturated heterocycles. The van der Waals surface area contributed by atoms with Crippen LogP contribution in [-0.4, -0.2) is 41.7 Å². The molecule has 1 aliphatic heterocycles. The summed E-state index contributed by atoms with van der Waals surface area (Å²) in [5.41, 5.74) is 1.24. The highest BCUT2D eigenvalue weighted by atomic mass is 16.5. The Labute approximate surface area is 149 Å². The molecule has 1 aromatic heterocycles. The van der Waals surface area contributed by atoms with Gasteiger partial charge < -0.3 is 15.0 Å². The molecule has 5 heteroatoms. The molecule has 0 unspecified atom stereocenters. The molecule has 5 nitrogen and oxygen atoms in total. The first-order valence-corrected chi connectivity index (χ1v) is 8.87. The average molecular weight is 339 g/mol. The molecular weight excluding hydrogens is 314 g/mol. The van der Waals surface area contributed by atoms with Crippen molar-refractivity contribution < 1.29 is 9.53 Å². The number of ether oxygens (including phenoxy) is 1. The predicted octanol–water partition coefficient (Wildman–Crippen LogP) is 3.44. The number of aromatic nitrogens is 1. The van der Waals surface area contributed by atoms with Gasteiger partial charge in [0.25, 0.3) is 0 Å². The first-order chi connectivity index (χ1) is 12.2. The van der Waals surface area contributed by atoms with Gasteiger partial charge in [-0.3, -0.25) is 4.98 Å². The van der Waals surface area contributed by atoms with Gasteiger partial charge in [-0.2, -0.15) is 0 Å². The van der Waals surface area contributed by atoms with Crippen LogP contribution in [0.3, 0.4) is 0 Å². The minimum Gasteiger partial charge on any atom is -0.490 e. The van der Waals surface area contributed by atoms with E-state index in [1.54, 1.807) is 12.4 Å². The van der Waals surface area contributed by atoms with Gasteiger partial charge in [-0.15, -0.1) is 0 Å². The summed E-state index contributed by atoms with van der Waals surface area (Å²) in [7, 11) is 0. The van der Waals surface area contributed by atoms with Crippen LogP contribution in [0, 0.1) is 0 Å². The zero-order valence-corrected chi connectivity index (χ0v) is 14.6. The molecule has 0 spiro atoms. The number of hydrogen-bond acceptors (Lipinski definition) is 3. The van der Waals surface area contributed by atoms with Gasteiger partial charge >= 0.3 is 6.03 Å². The van der Waals surface area contributed by atoms with Gasteiger partial charge in [0, 0.05) is 44.9 Å². The topological polar surface area (TPSA) is 54.5 Å². The Kier molecular flexibility index (Phi) is 5.88. The maximum absolute atomic E-state index is 12.4. The predicted molar refractivity (Wildman–Crippen MR) is 97.7 cm³/mol. The van der Waals surface area contributed by atoms with E-state index in [1.165, 1.54) is 5.56 Å². The summed E-state index contributed by atoms with van der Waals surface area (Å²) < 4.78 is 5.94. The molecule has 0 saturated carbocycles. The number of carbonyl (C=O) groups is 1. The number of amides is 2. The lowest BCUT2D eigenvalue weighted by molar-refractivity contribution is 0.111. The Bertz CT molecular complexity index is 655. The van der Waals surface area contributed by atoms with Crippen LogP contribution in [0.25, 0.3) is 0 Å². The zero-order chi connectivity index (χ0) is 17.5. The zero-order valence-electron chi connectivity index (χ0n) is 14.6. The van der Waals surface area contributed by atoms with Crippen molar-refractivity contribution in [2.24, 2.45) is 0 Å². The lowest BCUT2D eigenvalue weighted by atomic mass is 10.0. The molecule has 0 aliphatic carbocycles. The first-order valence-electron chi connectivity index (χ1n) is 8.87. The molecule has 1 atom stereocenters. The number of carbonyl (C=O) groups excluding carboxylic acids is 1. The fraction of sp³-hybridized carbons (Fsp3) is 0.400. The third-order valence-corrected chi connectivity index (χ3v) is 4.61. The van der Waals surface area contributed by atoms with Gasteiger partial charge in [0.1, 0.15) is 11.9 Å². The van der Waals surface area contributed by atoms with E-state index in [-0.39, 0.29) is 12.1 Å². The Balaban J connectivity index is 1.41. The Morgan fingerprint density at radius 1 is 1.20 bits per heavy atom. The van der Waals surface area contributed by atoms with Crippen molar-refractivity contribution in [3.05, 3.63) is 60.4 Å². The van der Waals surface area contributed by atoms with Gasteiger partial charge in [-0.1, -0.05) is 37.3 Å². The van der Waals surface area contributed by atoms with E-state index in [1.807, 2.05) is 35.2 Å². The standard InChI is InChI=1S/C20H25N3O2/c1-16(17-5-3-2-4-6-17)15-22-20(24)23-13-9-19(10-14-23)25-18-7-11-21-12-8-18/h2-8,11-12,16,19H,9-10,13-15H2,1H3,(H,22,24)/t16-/m1/s1. The van der Waals surface area contributed by atoms with Crippen molar-refractivity contribution in [3.63, 3.8) is 0 Å². The number of urea groups is 1. The van der Waals surface area contributed by atoms with Crippen LogP contribution in [-0.2, 0) is 0 Å². The third kappa shape index (κ3) is 4.95. The highest BCUT2D eigenvalue weighted by Crippen LogP contribution is 2.18. The highest BCUT2D eigenvalue weighted by molar-refractivity contribution is 5.74. The van der Waals surface area contributed by atoms with E-state index in [0.717, 1.165) is 31.7 Å². The van der Waals surface area contributed by atoms with Crippen molar-refractivity contribution in [3.8, 4) is 5.75 Å². The summed E-state index contributed by atoms with van der Waals surface area (Å²) in [4.78, 5) is 18.2. The lowest BCUT2D eigenvalue weighted by Gasteiger charge is -2.32. The SMILES string of the molecule is C[C@H](CNC(=O)N1CCC(Oc2ccncc2)CC1)c1ccccc1. The lowest BCUT2D eigenvalue weighted by Crippen LogP contribution is -2.47. The summed E-state index contributed by atoms with van der Waals surface area (Å²) in [5.74, 6) is 1.15. The van der Waals surface area contributed by atoms with Gasteiger partial charge in [-0.05, 0) is 23.6 Å². The van der Waals surface area contributed by atoms with E-state index in [0.29, 0.717) is 12.5 Å². The molecule has 0 bridgehead atoms. The van der Waals surface area contributed by atoms with Gasteiger partial charge in [0.15, 0.2) is 0 Å². The largest absolute Gasteiger partial charge is 0.490 e. The monoisotopic (exact) mass is 339 g/mol. The summed E-state index contributed by atoms with van der Waals surface area (Å²) in [6.07, 6.45) is 5.32. The molecule has 2 heterocycles. The highest BCUT2D eigenvalue weighted by Gasteiger charge is 2.24. The van der Waals surface area contributed by atoms with E-state index in [4.69, 9.17) is 4.74 Å². The Hall–Kier alpha value is -2.56. The first kappa shape index (κ1) is 17.3. The number of nitrogens with one attached hydrogen (secondary N) is 1. The molecule has 1 fully saturated rings. The van der Waals surface area contributed by atoms with Crippen LogP contribution in [0.1, 0.15) is 31.2 Å². The summed E-state index contributed by atoms with van der Waals surface area (Å²) in [5, 5.41) is 3.05. The number of piperidine rings is 1. The van der Waals surface area contributed by atoms with Crippen molar-refractivity contribution in [2.75, 3.05) is 19.6 Å². The van der Waals surface area contributed by atoms with Crippen molar-refractivity contribution in [2.45, 2.75) is 31.8 Å². The van der Waals surface area contributed by atoms with Crippen LogP contribution in [0.5, 0.6) is 5.75 Å². The van der Waals surface area contributed by atoms with E-state index >= 15 is 0 Å². The van der Waals surface area contributed by atoms with Gasteiger partial charge in [0.05, 0.1) is 0 Å². The van der Waals surface area contributed by atoms with E-state index in [2.05, 4.69) is 29.4 Å². The Morgan fingerprint density at radius 2 is 1.88 bits per heavy atom. The average Bonchev–Trinajstić information content (AvgIpc) is 2.68. The van der Waals surface area contributed by atoms with E-state index in [9.17, 15) is 4.79 Å². The molecule has 3 rings (SSSR count). The smallest absolute Gasteiger partial charge is 0.317 e. The van der Waals surface area contributed by atoms with Crippen molar-refractivity contribution in [1.29, 1.82) is 0 Å². The van der Waals surface area contributed by atoms with Crippen molar-refractivity contribution >= 4 is 6.03 Å². The maximum Gasteiger partial charge on any atom is 0.317 e. The van der Waals surface area contributed by atoms with Gasteiger partial charge in [-0.25, -0.2) is 4.79 Å². The van der Waals surface area contributed by atoms with Crippen LogP contribution in [0.15, 0.2) is 54.9 Å². The summed E-state index contributed by atoms with van der Waals surface area (Å²) in [6.45, 7) is 4.23. The fourth-order valence-corrected chi connectivity index (χ4v) is 3.04. The molecule has 2 amide bonds. The quantitative estimate of drug-likeness (QED) is 0.908. The maximum atomic E-state index is 12.4. The third-order valence-electron chi connectivity index (χ3n) is 4.61. The second kappa shape index (κ2) is 8.51. The summed E-state index contributed by atoms with van der Waals surface area (Å²) >= 11 is 0. The van der Waals surface area contributed by atoms with Crippen LogP contribution in [0.2, 0.25) is 0 Å². The number of nitrogens with zero attached hydrogens (tertiary/aromatic N) is 2. The molecule has 2 aromatic rings. The van der Waals surface area contributed by atoms with Crippen LogP contribution < -0.4 is 10.1 Å². The molecule has 0 radical (unpaired) electrons. The minimum absolute atomic E-state index is 0.0187. The van der Waals surface area contributed by atoms with Crippen LogP contribution >= 0.6 is 0 Å². The second-order valence-corrected chi connectivity index (χ2v) is 6.48. The molecule has 1 aromatic carbocycles. The summed E-state index contributed by atoms with van der Waals surface area (Å²) in [6, 6.07) is 14.0. The number of likely N-dealkylation sites (tertiary alicyclic amines) is 1. The van der Waals surface area contributed by atoms with E-state index < -0.39 is 0 Å². The van der Waals surface area contributed by atoms with Crippen molar-refractivity contribution in [1.82, 2.24) is 15.2 Å². The minimum atomic E-state index is 0.0187. The second-order valence-electron chi connectivity index (χ2n) is 6.48. The van der Waals surface area contributed by atoms with Gasteiger partial charge in [0.2, 0.25) is 0 Å². The normalized spacial score (nSPS) is 16.3.